The molecule has 0 aliphatic heterocycles. The zero-order valence-electron chi connectivity index (χ0n) is 10.6. The molecule has 100 valence electrons. The average Bonchev–Trinajstić information content (AvgIpc) is 2.37. The molecule has 4 heteroatoms. The number of hydrogen-bond acceptors (Lipinski definition) is 2. The van der Waals surface area contributed by atoms with Gasteiger partial charge in [-0.05, 0) is 61.3 Å². The number of ether oxygens (including phenoxy) is 1. The third kappa shape index (κ3) is 3.55. The summed E-state index contributed by atoms with van der Waals surface area (Å²) in [5.74, 6) is 0.506. The van der Waals surface area contributed by atoms with Crippen LogP contribution in [0.4, 0.5) is 4.39 Å². The van der Waals surface area contributed by atoms with Gasteiger partial charge in [0.05, 0.1) is 0 Å². The SMILES string of the molecule is Cc1ccc(F)c(Oc2ccc(Br)cc2CCN)c1. The molecule has 2 nitrogen and oxygen atoms in total. The topological polar surface area (TPSA) is 35.2 Å². The van der Waals surface area contributed by atoms with Crippen LogP contribution in [0.3, 0.4) is 0 Å². The van der Waals surface area contributed by atoms with E-state index in [-0.39, 0.29) is 11.6 Å². The molecule has 0 saturated heterocycles. The summed E-state index contributed by atoms with van der Waals surface area (Å²) in [6.45, 7) is 2.41. The summed E-state index contributed by atoms with van der Waals surface area (Å²) in [4.78, 5) is 0. The fourth-order valence-electron chi connectivity index (χ4n) is 1.81. The van der Waals surface area contributed by atoms with Crippen LogP contribution in [0.1, 0.15) is 11.1 Å². The Labute approximate surface area is 120 Å². The second-order valence-electron chi connectivity index (χ2n) is 4.33. The lowest BCUT2D eigenvalue weighted by Crippen LogP contribution is -2.04. The lowest BCUT2D eigenvalue weighted by atomic mass is 10.1. The maximum atomic E-state index is 13.7. The van der Waals surface area contributed by atoms with Crippen molar-refractivity contribution < 1.29 is 9.13 Å². The summed E-state index contributed by atoms with van der Waals surface area (Å²) < 4.78 is 20.3. The minimum atomic E-state index is -0.368. The molecule has 0 heterocycles. The van der Waals surface area contributed by atoms with Crippen molar-refractivity contribution in [3.63, 3.8) is 0 Å². The Hall–Kier alpha value is -1.39. The highest BCUT2D eigenvalue weighted by molar-refractivity contribution is 9.10. The van der Waals surface area contributed by atoms with Gasteiger partial charge in [-0.25, -0.2) is 4.39 Å². The van der Waals surface area contributed by atoms with E-state index in [4.69, 9.17) is 10.5 Å². The summed E-state index contributed by atoms with van der Waals surface area (Å²) in [6, 6.07) is 10.4. The van der Waals surface area contributed by atoms with Gasteiger partial charge in [0.25, 0.3) is 0 Å². The molecule has 2 rings (SSSR count). The first-order chi connectivity index (χ1) is 9.10. The molecule has 0 fully saturated rings. The molecule has 0 amide bonds. The second-order valence-corrected chi connectivity index (χ2v) is 5.24. The highest BCUT2D eigenvalue weighted by atomic mass is 79.9. The molecule has 19 heavy (non-hydrogen) atoms. The molecule has 0 saturated carbocycles. The second kappa shape index (κ2) is 6.17. The predicted octanol–water partition coefficient (Wildman–Crippen LogP) is 4.19. The third-order valence-electron chi connectivity index (χ3n) is 2.74. The van der Waals surface area contributed by atoms with Crippen molar-refractivity contribution in [3.8, 4) is 11.5 Å². The lowest BCUT2D eigenvalue weighted by molar-refractivity contribution is 0.437. The Kier molecular flexibility index (Phi) is 4.56. The molecule has 0 spiro atoms. The fourth-order valence-corrected chi connectivity index (χ4v) is 2.21. The lowest BCUT2D eigenvalue weighted by Gasteiger charge is -2.12. The molecule has 0 atom stereocenters. The van der Waals surface area contributed by atoms with Crippen molar-refractivity contribution in [1.82, 2.24) is 0 Å². The maximum absolute atomic E-state index is 13.7. The summed E-state index contributed by atoms with van der Waals surface area (Å²) in [6.07, 6.45) is 0.683. The molecule has 0 radical (unpaired) electrons. The molecule has 0 aliphatic carbocycles. The average molecular weight is 324 g/mol. The van der Waals surface area contributed by atoms with Crippen molar-refractivity contribution in [2.45, 2.75) is 13.3 Å². The normalized spacial score (nSPS) is 10.5. The Morgan fingerprint density at radius 1 is 1.16 bits per heavy atom. The van der Waals surface area contributed by atoms with Gasteiger partial charge in [-0.15, -0.1) is 0 Å². The minimum Gasteiger partial charge on any atom is -0.454 e. The fraction of sp³-hybridized carbons (Fsp3) is 0.200. The van der Waals surface area contributed by atoms with Crippen LogP contribution in [0.25, 0.3) is 0 Å². The number of benzene rings is 2. The van der Waals surface area contributed by atoms with Crippen molar-refractivity contribution in [1.29, 1.82) is 0 Å². The number of nitrogens with two attached hydrogens (primary N) is 1. The molecule has 2 N–H and O–H groups in total. The Morgan fingerprint density at radius 3 is 2.68 bits per heavy atom. The molecular formula is C15H15BrFNO. The van der Waals surface area contributed by atoms with Gasteiger partial charge in [-0.2, -0.15) is 0 Å². The summed E-state index contributed by atoms with van der Waals surface area (Å²) in [5.41, 5.74) is 7.49. The first kappa shape index (κ1) is 14.0. The predicted molar refractivity (Wildman–Crippen MR) is 78.1 cm³/mol. The first-order valence-corrected chi connectivity index (χ1v) is 6.82. The molecular weight excluding hydrogens is 309 g/mol. The highest BCUT2D eigenvalue weighted by Crippen LogP contribution is 2.30. The van der Waals surface area contributed by atoms with E-state index < -0.39 is 0 Å². The quantitative estimate of drug-likeness (QED) is 0.915. The van der Waals surface area contributed by atoms with E-state index in [0.717, 1.165) is 15.6 Å². The van der Waals surface area contributed by atoms with Crippen LogP contribution in [0, 0.1) is 12.7 Å². The summed E-state index contributed by atoms with van der Waals surface area (Å²) in [7, 11) is 0. The van der Waals surface area contributed by atoms with Crippen molar-refractivity contribution in [2.75, 3.05) is 6.54 Å². The monoisotopic (exact) mass is 323 g/mol. The van der Waals surface area contributed by atoms with E-state index in [1.807, 2.05) is 25.1 Å². The van der Waals surface area contributed by atoms with E-state index in [2.05, 4.69) is 15.9 Å². The van der Waals surface area contributed by atoms with Crippen LogP contribution < -0.4 is 10.5 Å². The standard InChI is InChI=1S/C15H15BrFNO/c1-10-2-4-13(17)15(8-10)19-14-5-3-12(16)9-11(14)6-7-18/h2-5,8-9H,6-7,18H2,1H3. The number of hydrogen-bond donors (Lipinski definition) is 1. The van der Waals surface area contributed by atoms with Gasteiger partial charge in [0.2, 0.25) is 0 Å². The van der Waals surface area contributed by atoms with E-state index >= 15 is 0 Å². The van der Waals surface area contributed by atoms with Crippen molar-refractivity contribution in [3.05, 3.63) is 57.8 Å². The summed E-state index contributed by atoms with van der Waals surface area (Å²) >= 11 is 3.41. The van der Waals surface area contributed by atoms with Crippen LogP contribution >= 0.6 is 15.9 Å². The van der Waals surface area contributed by atoms with Gasteiger partial charge < -0.3 is 10.5 Å². The Morgan fingerprint density at radius 2 is 1.95 bits per heavy atom. The van der Waals surface area contributed by atoms with Crippen LogP contribution in [0.2, 0.25) is 0 Å². The highest BCUT2D eigenvalue weighted by Gasteiger charge is 2.09. The largest absolute Gasteiger partial charge is 0.454 e. The van der Waals surface area contributed by atoms with E-state index in [1.54, 1.807) is 12.1 Å². The van der Waals surface area contributed by atoms with Gasteiger partial charge >= 0.3 is 0 Å². The van der Waals surface area contributed by atoms with Gasteiger partial charge in [0, 0.05) is 4.47 Å². The summed E-state index contributed by atoms with van der Waals surface area (Å²) in [5, 5.41) is 0. The molecule has 0 aliphatic rings. The van der Waals surface area contributed by atoms with Gasteiger partial charge in [0.1, 0.15) is 5.75 Å². The van der Waals surface area contributed by atoms with Crippen LogP contribution in [-0.2, 0) is 6.42 Å². The molecule has 0 aromatic heterocycles. The third-order valence-corrected chi connectivity index (χ3v) is 3.24. The smallest absolute Gasteiger partial charge is 0.165 e. The van der Waals surface area contributed by atoms with Crippen LogP contribution in [0.5, 0.6) is 11.5 Å². The maximum Gasteiger partial charge on any atom is 0.165 e. The minimum absolute atomic E-state index is 0.237. The van der Waals surface area contributed by atoms with Gasteiger partial charge in [0.15, 0.2) is 11.6 Å². The Bertz CT molecular complexity index is 586. The van der Waals surface area contributed by atoms with Crippen molar-refractivity contribution >= 4 is 15.9 Å². The van der Waals surface area contributed by atoms with Crippen molar-refractivity contribution in [2.24, 2.45) is 5.73 Å². The number of aryl methyl sites for hydroxylation is 1. The van der Waals surface area contributed by atoms with Crippen LogP contribution in [0.15, 0.2) is 40.9 Å². The Balaban J connectivity index is 2.34. The van der Waals surface area contributed by atoms with E-state index in [9.17, 15) is 4.39 Å². The molecule has 0 unspecified atom stereocenters. The number of halogens is 2. The number of rotatable bonds is 4. The molecule has 2 aromatic rings. The zero-order chi connectivity index (χ0) is 13.8. The van der Waals surface area contributed by atoms with E-state index in [1.165, 1.54) is 6.07 Å². The molecule has 0 bridgehead atoms. The molecule has 2 aromatic carbocycles. The first-order valence-electron chi connectivity index (χ1n) is 6.02. The van der Waals surface area contributed by atoms with E-state index in [0.29, 0.717) is 18.7 Å². The van der Waals surface area contributed by atoms with Gasteiger partial charge in [-0.3, -0.25) is 0 Å². The van der Waals surface area contributed by atoms with Crippen LogP contribution in [-0.4, -0.2) is 6.54 Å². The zero-order valence-corrected chi connectivity index (χ0v) is 12.2. The van der Waals surface area contributed by atoms with Gasteiger partial charge in [-0.1, -0.05) is 22.0 Å².